The van der Waals surface area contributed by atoms with E-state index in [2.05, 4.69) is 17.0 Å². The zero-order valence-electron chi connectivity index (χ0n) is 13.1. The Labute approximate surface area is 132 Å². The highest BCUT2D eigenvalue weighted by Crippen LogP contribution is 2.32. The van der Waals surface area contributed by atoms with Crippen LogP contribution in [0.3, 0.4) is 0 Å². The summed E-state index contributed by atoms with van der Waals surface area (Å²) in [6.07, 6.45) is 1.95. The molecular weight excluding hydrogens is 300 g/mol. The van der Waals surface area contributed by atoms with Crippen molar-refractivity contribution in [1.82, 2.24) is 4.31 Å². The maximum Gasteiger partial charge on any atom is 0.214 e. The zero-order chi connectivity index (χ0) is 15.6. The van der Waals surface area contributed by atoms with Crippen molar-refractivity contribution in [3.8, 4) is 0 Å². The van der Waals surface area contributed by atoms with Gasteiger partial charge in [0.1, 0.15) is 0 Å². The maximum absolute atomic E-state index is 12.2. The molecule has 2 aliphatic heterocycles. The second kappa shape index (κ2) is 6.18. The van der Waals surface area contributed by atoms with E-state index in [1.54, 1.807) is 11.2 Å². The number of benzene rings is 1. The third kappa shape index (κ3) is 3.14. The molecule has 1 spiro atoms. The van der Waals surface area contributed by atoms with E-state index in [1.807, 2.05) is 18.2 Å². The van der Waals surface area contributed by atoms with Gasteiger partial charge in [-0.1, -0.05) is 18.2 Å². The molecule has 0 saturated carbocycles. The van der Waals surface area contributed by atoms with Crippen molar-refractivity contribution in [3.63, 3.8) is 0 Å². The Kier molecular flexibility index (Phi) is 4.43. The Morgan fingerprint density at radius 1 is 1.18 bits per heavy atom. The second-order valence-electron chi connectivity index (χ2n) is 6.13. The molecule has 5 nitrogen and oxygen atoms in total. The summed E-state index contributed by atoms with van der Waals surface area (Å²) in [5, 5.41) is 0. The average molecular weight is 324 g/mol. The van der Waals surface area contributed by atoms with Crippen molar-refractivity contribution in [2.75, 3.05) is 43.4 Å². The summed E-state index contributed by atoms with van der Waals surface area (Å²) in [6.45, 7) is 4.90. The zero-order valence-corrected chi connectivity index (χ0v) is 13.9. The fourth-order valence-electron chi connectivity index (χ4n) is 3.43. The van der Waals surface area contributed by atoms with Gasteiger partial charge in [-0.05, 0) is 31.9 Å². The highest BCUT2D eigenvalue weighted by molar-refractivity contribution is 7.89. The lowest BCUT2D eigenvalue weighted by atomic mass is 9.91. The number of hydrogen-bond acceptors (Lipinski definition) is 4. The first-order chi connectivity index (χ1) is 10.5. The standard InChI is InChI=1S/C16H24N2O3S/c1-2-22(19,20)18-11-12-21-16(14-18)9-6-10-17(13-16)15-7-4-3-5-8-15/h3-5,7-8H,2,6,9-14H2,1H3. The molecule has 0 bridgehead atoms. The molecule has 0 aromatic heterocycles. The smallest absolute Gasteiger partial charge is 0.214 e. The van der Waals surface area contributed by atoms with Crippen LogP contribution >= 0.6 is 0 Å². The first-order valence-corrected chi connectivity index (χ1v) is 9.57. The molecule has 0 N–H and O–H groups in total. The lowest BCUT2D eigenvalue weighted by Crippen LogP contribution is -2.61. The number of sulfonamides is 1. The van der Waals surface area contributed by atoms with Crippen LogP contribution in [0, 0.1) is 0 Å². The number of rotatable bonds is 3. The molecular formula is C16H24N2O3S. The van der Waals surface area contributed by atoms with Gasteiger partial charge in [0.05, 0.1) is 18.0 Å². The van der Waals surface area contributed by atoms with E-state index in [-0.39, 0.29) is 11.4 Å². The molecule has 22 heavy (non-hydrogen) atoms. The molecule has 1 aromatic carbocycles. The van der Waals surface area contributed by atoms with Crippen molar-refractivity contribution in [3.05, 3.63) is 30.3 Å². The van der Waals surface area contributed by atoms with E-state index in [0.29, 0.717) is 19.7 Å². The van der Waals surface area contributed by atoms with Gasteiger partial charge in [0.15, 0.2) is 0 Å². The number of hydrogen-bond donors (Lipinski definition) is 0. The Morgan fingerprint density at radius 3 is 2.68 bits per heavy atom. The quantitative estimate of drug-likeness (QED) is 0.849. The second-order valence-corrected chi connectivity index (χ2v) is 8.38. The monoisotopic (exact) mass is 324 g/mol. The number of morpholine rings is 1. The lowest BCUT2D eigenvalue weighted by molar-refractivity contribution is -0.0949. The van der Waals surface area contributed by atoms with Crippen LogP contribution in [0.15, 0.2) is 30.3 Å². The maximum atomic E-state index is 12.2. The predicted molar refractivity (Wildman–Crippen MR) is 87.6 cm³/mol. The largest absolute Gasteiger partial charge is 0.370 e. The van der Waals surface area contributed by atoms with Crippen LogP contribution in [0.4, 0.5) is 5.69 Å². The van der Waals surface area contributed by atoms with Crippen LogP contribution in [0.1, 0.15) is 19.8 Å². The van der Waals surface area contributed by atoms with Crippen LogP contribution < -0.4 is 4.90 Å². The summed E-state index contributed by atoms with van der Waals surface area (Å²) in [7, 11) is -3.14. The van der Waals surface area contributed by atoms with Crippen molar-refractivity contribution < 1.29 is 13.2 Å². The summed E-state index contributed by atoms with van der Waals surface area (Å²) in [5.41, 5.74) is 0.815. The summed E-state index contributed by atoms with van der Waals surface area (Å²) < 4.78 is 32.1. The van der Waals surface area contributed by atoms with E-state index < -0.39 is 10.0 Å². The first kappa shape index (κ1) is 15.8. The fourth-order valence-corrected chi connectivity index (χ4v) is 4.58. The predicted octanol–water partition coefficient (Wildman–Crippen LogP) is 1.71. The molecule has 2 aliphatic rings. The van der Waals surface area contributed by atoms with E-state index in [9.17, 15) is 8.42 Å². The van der Waals surface area contributed by atoms with Crippen LogP contribution in [0.2, 0.25) is 0 Å². The summed E-state index contributed by atoms with van der Waals surface area (Å²) >= 11 is 0. The SMILES string of the molecule is CCS(=O)(=O)N1CCOC2(CCCN(c3ccccc3)C2)C1. The van der Waals surface area contributed by atoms with Crippen molar-refractivity contribution in [1.29, 1.82) is 0 Å². The van der Waals surface area contributed by atoms with Gasteiger partial charge < -0.3 is 9.64 Å². The highest BCUT2D eigenvalue weighted by atomic mass is 32.2. The molecule has 6 heteroatoms. The Hall–Kier alpha value is -1.11. The topological polar surface area (TPSA) is 49.9 Å². The summed E-state index contributed by atoms with van der Waals surface area (Å²) in [6, 6.07) is 10.3. The van der Waals surface area contributed by atoms with Crippen molar-refractivity contribution in [2.24, 2.45) is 0 Å². The molecule has 0 radical (unpaired) electrons. The molecule has 122 valence electrons. The molecule has 2 saturated heterocycles. The Morgan fingerprint density at radius 2 is 1.95 bits per heavy atom. The Balaban J connectivity index is 1.78. The van der Waals surface area contributed by atoms with Crippen LogP contribution in [0.25, 0.3) is 0 Å². The molecule has 0 aliphatic carbocycles. The van der Waals surface area contributed by atoms with Gasteiger partial charge in [0.25, 0.3) is 0 Å². The Bertz CT molecular complexity index is 601. The van der Waals surface area contributed by atoms with E-state index >= 15 is 0 Å². The van der Waals surface area contributed by atoms with Crippen LogP contribution in [0.5, 0.6) is 0 Å². The normalized spacial score (nSPS) is 27.2. The van der Waals surface area contributed by atoms with Gasteiger partial charge in [-0.15, -0.1) is 0 Å². The third-order valence-corrected chi connectivity index (χ3v) is 6.46. The van der Waals surface area contributed by atoms with E-state index in [4.69, 9.17) is 4.74 Å². The summed E-state index contributed by atoms with van der Waals surface area (Å²) in [4.78, 5) is 2.31. The molecule has 1 aromatic rings. The van der Waals surface area contributed by atoms with Gasteiger partial charge in [0.2, 0.25) is 10.0 Å². The number of piperidine rings is 1. The van der Waals surface area contributed by atoms with E-state index in [1.165, 1.54) is 5.69 Å². The van der Waals surface area contributed by atoms with Gasteiger partial charge in [-0.25, -0.2) is 8.42 Å². The minimum Gasteiger partial charge on any atom is -0.370 e. The van der Waals surface area contributed by atoms with Gasteiger partial charge in [-0.3, -0.25) is 0 Å². The van der Waals surface area contributed by atoms with Gasteiger partial charge >= 0.3 is 0 Å². The first-order valence-electron chi connectivity index (χ1n) is 7.96. The number of para-hydroxylation sites is 1. The minimum absolute atomic E-state index is 0.158. The van der Waals surface area contributed by atoms with E-state index in [0.717, 1.165) is 25.9 Å². The number of ether oxygens (including phenoxy) is 1. The highest BCUT2D eigenvalue weighted by Gasteiger charge is 2.43. The summed E-state index contributed by atoms with van der Waals surface area (Å²) in [5.74, 6) is 0.158. The van der Waals surface area contributed by atoms with Crippen LogP contribution in [-0.4, -0.2) is 56.9 Å². The molecule has 2 heterocycles. The van der Waals surface area contributed by atoms with Gasteiger partial charge in [0, 0.05) is 31.9 Å². The number of anilines is 1. The molecule has 1 unspecified atom stereocenters. The number of nitrogens with zero attached hydrogens (tertiary/aromatic N) is 2. The molecule has 3 rings (SSSR count). The molecule has 2 fully saturated rings. The molecule has 1 atom stereocenters. The lowest BCUT2D eigenvalue weighted by Gasteiger charge is -2.48. The fraction of sp³-hybridized carbons (Fsp3) is 0.625. The molecule has 0 amide bonds. The minimum atomic E-state index is -3.14. The van der Waals surface area contributed by atoms with Gasteiger partial charge in [-0.2, -0.15) is 4.31 Å². The third-order valence-electron chi connectivity index (χ3n) is 4.63. The van der Waals surface area contributed by atoms with Crippen LogP contribution in [-0.2, 0) is 14.8 Å². The van der Waals surface area contributed by atoms with Crippen molar-refractivity contribution in [2.45, 2.75) is 25.4 Å². The average Bonchev–Trinajstić information content (AvgIpc) is 2.56. The van der Waals surface area contributed by atoms with Crippen molar-refractivity contribution >= 4 is 15.7 Å².